The van der Waals surface area contributed by atoms with Crippen LogP contribution in [-0.4, -0.2) is 0 Å². The zero-order valence-corrected chi connectivity index (χ0v) is 36.8. The molecule has 284 valence electrons. The van der Waals surface area contributed by atoms with Crippen LogP contribution in [0.15, 0.2) is 193 Å². The molecule has 12 aromatic rings. The molecule has 0 atom stereocenters. The Morgan fingerprint density at radius 2 is 0.450 bits per heavy atom. The minimum Gasteiger partial charge on any atom is -0.144 e. The van der Waals surface area contributed by atoms with Crippen molar-refractivity contribution in [3.05, 3.63) is 193 Å². The zero-order valence-electron chi connectivity index (χ0n) is 31.9. The molecule has 0 saturated heterocycles. The van der Waals surface area contributed by atoms with Crippen LogP contribution < -0.4 is 0 Å². The van der Waals surface area contributed by atoms with E-state index in [1.165, 1.54) is 114 Å². The summed E-state index contributed by atoms with van der Waals surface area (Å²) in [4.78, 5) is 13.0. The van der Waals surface area contributed by atoms with E-state index in [0.29, 0.717) is 0 Å². The van der Waals surface area contributed by atoms with Crippen LogP contribution in [0.4, 0.5) is 0 Å². The quantitative estimate of drug-likeness (QED) is 0.143. The van der Waals surface area contributed by atoms with E-state index in [1.807, 2.05) is 45.3 Å². The van der Waals surface area contributed by atoms with Crippen molar-refractivity contribution in [3.8, 4) is 82.2 Å². The van der Waals surface area contributed by atoms with E-state index in [1.54, 1.807) is 22.7 Å². The Balaban J connectivity index is 0.881. The van der Waals surface area contributed by atoms with Crippen LogP contribution in [0.1, 0.15) is 0 Å². The molecular formula is C54H32S6. The molecule has 6 aromatic heterocycles. The fraction of sp³-hybridized carbons (Fsp3) is 0. The lowest BCUT2D eigenvalue weighted by Gasteiger charge is -2.10. The lowest BCUT2D eigenvalue weighted by molar-refractivity contribution is 1.72. The van der Waals surface area contributed by atoms with Gasteiger partial charge in [-0.05, 0) is 104 Å². The molecule has 0 fully saturated rings. The maximum atomic E-state index is 2.32. The smallest absolute Gasteiger partial charge is 0.0449 e. The van der Waals surface area contributed by atoms with E-state index in [2.05, 4.69) is 193 Å². The molecule has 12 rings (SSSR count). The van der Waals surface area contributed by atoms with Crippen LogP contribution in [0.2, 0.25) is 0 Å². The van der Waals surface area contributed by atoms with E-state index in [0.717, 1.165) is 0 Å². The number of hydrogen-bond acceptors (Lipinski definition) is 6. The molecule has 0 amide bonds. The topological polar surface area (TPSA) is 0 Å². The van der Waals surface area contributed by atoms with Crippen molar-refractivity contribution >= 4 is 100 Å². The van der Waals surface area contributed by atoms with Crippen molar-refractivity contribution in [3.63, 3.8) is 0 Å². The van der Waals surface area contributed by atoms with Crippen LogP contribution in [-0.2, 0) is 0 Å². The van der Waals surface area contributed by atoms with Crippen molar-refractivity contribution in [2.45, 2.75) is 0 Å². The molecule has 6 aromatic carbocycles. The van der Waals surface area contributed by atoms with Crippen molar-refractivity contribution in [2.75, 3.05) is 0 Å². The molecule has 6 heterocycles. The Kier molecular flexibility index (Phi) is 9.10. The van der Waals surface area contributed by atoms with Crippen molar-refractivity contribution in [2.24, 2.45) is 0 Å². The lowest BCUT2D eigenvalue weighted by Crippen LogP contribution is -1.82. The predicted octanol–water partition coefficient (Wildman–Crippen LogP) is 18.9. The molecule has 0 aliphatic heterocycles. The summed E-state index contributed by atoms with van der Waals surface area (Å²) in [7, 11) is 0. The first-order valence-corrected chi connectivity index (χ1v) is 24.8. The maximum absolute atomic E-state index is 2.32. The second kappa shape index (κ2) is 15.1. The Bertz CT molecular complexity index is 3250. The van der Waals surface area contributed by atoms with Crippen LogP contribution in [0.3, 0.4) is 0 Å². The molecule has 0 bridgehead atoms. The van der Waals surface area contributed by atoms with Gasteiger partial charge in [0.2, 0.25) is 0 Å². The fourth-order valence-corrected chi connectivity index (χ4v) is 14.4. The van der Waals surface area contributed by atoms with E-state index in [4.69, 9.17) is 0 Å². The van der Waals surface area contributed by atoms with E-state index < -0.39 is 0 Å². The average Bonchev–Trinajstić information content (AvgIpc) is 4.16. The van der Waals surface area contributed by atoms with Crippen molar-refractivity contribution in [1.82, 2.24) is 0 Å². The highest BCUT2D eigenvalue weighted by Crippen LogP contribution is 2.48. The van der Waals surface area contributed by atoms with Gasteiger partial charge in [-0.1, -0.05) is 121 Å². The number of fused-ring (bicyclic) bond motifs is 3. The molecule has 6 heteroatoms. The van der Waals surface area contributed by atoms with Gasteiger partial charge in [0, 0.05) is 82.2 Å². The molecule has 0 nitrogen and oxygen atoms in total. The summed E-state index contributed by atoms with van der Waals surface area (Å²) in [6.07, 6.45) is 0. The number of rotatable bonds is 8. The Labute approximate surface area is 372 Å². The van der Waals surface area contributed by atoms with Gasteiger partial charge < -0.3 is 0 Å². The molecular weight excluding hydrogens is 841 g/mol. The normalized spacial score (nSPS) is 11.7. The van der Waals surface area contributed by atoms with Gasteiger partial charge >= 0.3 is 0 Å². The summed E-state index contributed by atoms with van der Waals surface area (Å²) in [5.74, 6) is 0. The third kappa shape index (κ3) is 6.26. The number of thiophene rings is 6. The molecule has 0 unspecified atom stereocenters. The highest BCUT2D eigenvalue weighted by Gasteiger charge is 2.18. The minimum absolute atomic E-state index is 1.27. The number of benzene rings is 6. The van der Waals surface area contributed by atoms with Crippen LogP contribution >= 0.6 is 68.0 Å². The molecule has 0 N–H and O–H groups in total. The lowest BCUT2D eigenvalue weighted by atomic mass is 9.97. The third-order valence-corrected chi connectivity index (χ3v) is 17.9. The summed E-state index contributed by atoms with van der Waals surface area (Å²) in [5, 5.41) is 12.1. The monoisotopic (exact) mass is 872 g/mol. The van der Waals surface area contributed by atoms with E-state index in [9.17, 15) is 0 Å². The Morgan fingerprint density at radius 3 is 0.700 bits per heavy atom. The third-order valence-electron chi connectivity index (χ3n) is 11.3. The van der Waals surface area contributed by atoms with Crippen molar-refractivity contribution < 1.29 is 0 Å². The summed E-state index contributed by atoms with van der Waals surface area (Å²) in [6.45, 7) is 0. The first-order valence-electron chi connectivity index (χ1n) is 19.8. The molecule has 0 saturated carbocycles. The van der Waals surface area contributed by atoms with E-state index >= 15 is 0 Å². The summed E-state index contributed by atoms with van der Waals surface area (Å²) in [5.41, 5.74) is 7.79. The number of hydrogen-bond donors (Lipinski definition) is 0. The van der Waals surface area contributed by atoms with Crippen LogP contribution in [0.25, 0.3) is 114 Å². The zero-order chi connectivity index (χ0) is 39.6. The molecule has 0 aliphatic rings. The summed E-state index contributed by atoms with van der Waals surface area (Å²) < 4.78 is 0. The first kappa shape index (κ1) is 36.2. The van der Waals surface area contributed by atoms with Gasteiger partial charge in [0.15, 0.2) is 0 Å². The van der Waals surface area contributed by atoms with Crippen molar-refractivity contribution in [1.29, 1.82) is 0 Å². The predicted molar refractivity (Wildman–Crippen MR) is 270 cm³/mol. The van der Waals surface area contributed by atoms with Gasteiger partial charge in [-0.3, -0.25) is 0 Å². The molecule has 0 radical (unpaired) electrons. The minimum atomic E-state index is 1.27. The summed E-state index contributed by atoms with van der Waals surface area (Å²) in [6, 6.07) is 67.6. The first-order chi connectivity index (χ1) is 29.7. The van der Waals surface area contributed by atoms with Crippen LogP contribution in [0.5, 0.6) is 0 Å². The highest BCUT2D eigenvalue weighted by atomic mass is 32.1. The fourth-order valence-electron chi connectivity index (χ4n) is 8.58. The largest absolute Gasteiger partial charge is 0.144 e. The highest BCUT2D eigenvalue weighted by molar-refractivity contribution is 7.26. The van der Waals surface area contributed by atoms with Gasteiger partial charge in [-0.2, -0.15) is 0 Å². The van der Waals surface area contributed by atoms with Gasteiger partial charge in [0.05, 0.1) is 0 Å². The Hall–Kier alpha value is -5.70. The average molecular weight is 873 g/mol. The second-order valence-corrected chi connectivity index (χ2v) is 21.0. The van der Waals surface area contributed by atoms with Gasteiger partial charge in [-0.15, -0.1) is 68.0 Å². The van der Waals surface area contributed by atoms with E-state index in [-0.39, 0.29) is 0 Å². The SMILES string of the molecule is c1csc(-c2cccc3cccc(-c4ccc(-c5ccc(-c6cccc7cccc(-c8ccc(-c9ccc(-c%10cccc%11cccc(-c%12cccs%12)c%10%11)s9)s8)c67)s5)s4)c23)c1. The summed E-state index contributed by atoms with van der Waals surface area (Å²) >= 11 is 11.2. The molecule has 0 spiro atoms. The molecule has 60 heavy (non-hydrogen) atoms. The molecule has 0 aliphatic carbocycles. The Morgan fingerprint density at radius 1 is 0.200 bits per heavy atom. The second-order valence-electron chi connectivity index (χ2n) is 14.7. The maximum Gasteiger partial charge on any atom is 0.0449 e. The van der Waals surface area contributed by atoms with Gasteiger partial charge in [-0.25, -0.2) is 0 Å². The van der Waals surface area contributed by atoms with Gasteiger partial charge in [0.1, 0.15) is 0 Å². The van der Waals surface area contributed by atoms with Crippen LogP contribution in [0, 0.1) is 0 Å². The standard InChI is InChI=1S/C54H32S6/c1-9-33-11-3-17-38(52(33)36(15-1)42-21-7-31-55-42)44-23-27-48(57-44)50-29-25-46(59-50)40-19-5-13-35-14-6-20-41(54(35)40)47-26-30-51(60-47)49-28-24-45(58-49)39-18-4-12-34-10-2-16-37(53(34)39)43-22-8-32-56-43/h1-32H. The van der Waals surface area contributed by atoms with Gasteiger partial charge in [0.25, 0.3) is 0 Å².